The van der Waals surface area contributed by atoms with E-state index >= 15 is 0 Å². The van der Waals surface area contributed by atoms with Crippen molar-refractivity contribution in [1.29, 1.82) is 0 Å². The van der Waals surface area contributed by atoms with Gasteiger partial charge in [0.2, 0.25) is 10.0 Å². The minimum absolute atomic E-state index is 0.369. The summed E-state index contributed by atoms with van der Waals surface area (Å²) in [4.78, 5) is 0. The van der Waals surface area contributed by atoms with E-state index in [0.29, 0.717) is 18.0 Å². The molecule has 2 aromatic rings. The number of methoxy groups -OCH3 is 1. The topological polar surface area (TPSA) is 46.6 Å². The maximum atomic E-state index is 12.3. The first-order valence-electron chi connectivity index (χ1n) is 7.44. The number of likely N-dealkylation sites (N-methyl/N-ethyl adjacent to an activating group) is 1. The van der Waals surface area contributed by atoms with Gasteiger partial charge in [0.1, 0.15) is 5.75 Å². The molecule has 0 saturated carbocycles. The van der Waals surface area contributed by atoms with E-state index in [1.54, 1.807) is 44.5 Å². The zero-order valence-electron chi connectivity index (χ0n) is 13.6. The molecule has 6 heteroatoms. The number of sulfonamides is 1. The van der Waals surface area contributed by atoms with Crippen molar-refractivity contribution in [3.63, 3.8) is 0 Å². The first kappa shape index (κ1) is 18.5. The molecule has 0 aromatic heterocycles. The van der Waals surface area contributed by atoms with Gasteiger partial charge in [-0.25, -0.2) is 12.7 Å². The Morgan fingerprint density at radius 1 is 1.12 bits per heavy atom. The third-order valence-corrected chi connectivity index (χ3v) is 5.41. The molecule has 0 aliphatic carbocycles. The molecule has 0 fully saturated rings. The Morgan fingerprint density at radius 3 is 2.46 bits per heavy atom. The van der Waals surface area contributed by atoms with Gasteiger partial charge in [0.15, 0.2) is 0 Å². The molecule has 0 heterocycles. The normalized spacial score (nSPS) is 12.0. The van der Waals surface area contributed by atoms with Gasteiger partial charge < -0.3 is 4.74 Å². The predicted octanol–water partition coefficient (Wildman–Crippen LogP) is 3.82. The highest BCUT2D eigenvalue weighted by atomic mass is 35.5. The van der Waals surface area contributed by atoms with Crippen LogP contribution in [-0.2, 0) is 16.4 Å². The van der Waals surface area contributed by atoms with Crippen molar-refractivity contribution in [2.24, 2.45) is 0 Å². The van der Waals surface area contributed by atoms with Gasteiger partial charge in [0.25, 0.3) is 0 Å². The summed E-state index contributed by atoms with van der Waals surface area (Å²) in [6.45, 7) is 0.369. The molecule has 2 rings (SSSR count). The van der Waals surface area contributed by atoms with Gasteiger partial charge >= 0.3 is 0 Å². The minimum atomic E-state index is -3.48. The number of benzene rings is 2. The molecule has 0 bridgehead atoms. The number of rotatable bonds is 7. The molecule has 0 aliphatic rings. The number of para-hydroxylation sites is 1. The number of nitrogens with zero attached hydrogens (tertiary/aromatic N) is 1. The lowest BCUT2D eigenvalue weighted by Crippen LogP contribution is -2.27. The Kier molecular flexibility index (Phi) is 6.43. The van der Waals surface area contributed by atoms with Crippen molar-refractivity contribution < 1.29 is 13.2 Å². The van der Waals surface area contributed by atoms with Crippen LogP contribution in [-0.4, -0.2) is 33.4 Å². The first-order chi connectivity index (χ1) is 11.4. The molecule has 0 unspecified atom stereocenters. The highest BCUT2D eigenvalue weighted by Crippen LogP contribution is 2.18. The van der Waals surface area contributed by atoms with Crippen molar-refractivity contribution in [2.75, 3.05) is 20.7 Å². The Balaban J connectivity index is 2.02. The molecule has 0 radical (unpaired) electrons. The number of hydrogen-bond donors (Lipinski definition) is 0. The summed E-state index contributed by atoms with van der Waals surface area (Å²) in [5.41, 5.74) is 1.75. The maximum absolute atomic E-state index is 12.3. The van der Waals surface area contributed by atoms with Crippen LogP contribution in [0.3, 0.4) is 0 Å². The molecule has 0 amide bonds. The van der Waals surface area contributed by atoms with E-state index in [0.717, 1.165) is 16.9 Å². The average Bonchev–Trinajstić information content (AvgIpc) is 2.59. The predicted molar refractivity (Wildman–Crippen MR) is 98.7 cm³/mol. The number of hydrogen-bond acceptors (Lipinski definition) is 3. The van der Waals surface area contributed by atoms with E-state index < -0.39 is 10.0 Å². The van der Waals surface area contributed by atoms with Crippen LogP contribution in [0.25, 0.3) is 6.08 Å². The fourth-order valence-corrected chi connectivity index (χ4v) is 3.17. The monoisotopic (exact) mass is 365 g/mol. The third kappa shape index (κ3) is 5.09. The zero-order valence-corrected chi connectivity index (χ0v) is 15.2. The van der Waals surface area contributed by atoms with E-state index in [2.05, 4.69) is 0 Å². The molecule has 0 N–H and O–H groups in total. The lowest BCUT2D eigenvalue weighted by atomic mass is 10.1. The van der Waals surface area contributed by atoms with Crippen LogP contribution in [0, 0.1) is 0 Å². The van der Waals surface area contributed by atoms with Crippen molar-refractivity contribution in [3.05, 3.63) is 70.1 Å². The van der Waals surface area contributed by atoms with Crippen LogP contribution in [0.2, 0.25) is 5.02 Å². The quantitative estimate of drug-likeness (QED) is 0.749. The first-order valence-corrected chi connectivity index (χ1v) is 9.32. The second-order valence-corrected chi connectivity index (χ2v) is 7.64. The third-order valence-electron chi connectivity index (χ3n) is 3.63. The minimum Gasteiger partial charge on any atom is -0.496 e. The molecule has 24 heavy (non-hydrogen) atoms. The largest absolute Gasteiger partial charge is 0.496 e. The maximum Gasteiger partial charge on any atom is 0.235 e. The molecule has 2 aromatic carbocycles. The SMILES string of the molecule is COc1ccccc1CCN(C)S(=O)(=O)/C=C/c1ccc(Cl)cc1. The van der Waals surface area contributed by atoms with Gasteiger partial charge in [-0.2, -0.15) is 0 Å². The molecular weight excluding hydrogens is 346 g/mol. The molecule has 0 saturated heterocycles. The summed E-state index contributed by atoms with van der Waals surface area (Å²) in [7, 11) is -0.308. The molecule has 0 aliphatic heterocycles. The van der Waals surface area contributed by atoms with Crippen LogP contribution in [0.1, 0.15) is 11.1 Å². The summed E-state index contributed by atoms with van der Waals surface area (Å²) in [6, 6.07) is 14.6. The van der Waals surface area contributed by atoms with Crippen molar-refractivity contribution in [2.45, 2.75) is 6.42 Å². The fourth-order valence-electron chi connectivity index (χ4n) is 2.16. The Labute approximate surface area is 148 Å². The Morgan fingerprint density at radius 2 is 1.79 bits per heavy atom. The van der Waals surface area contributed by atoms with Crippen LogP contribution < -0.4 is 4.74 Å². The van der Waals surface area contributed by atoms with Crippen molar-refractivity contribution in [1.82, 2.24) is 4.31 Å². The van der Waals surface area contributed by atoms with E-state index in [4.69, 9.17) is 16.3 Å². The van der Waals surface area contributed by atoms with E-state index in [1.807, 2.05) is 24.3 Å². The summed E-state index contributed by atoms with van der Waals surface area (Å²) >= 11 is 5.82. The average molecular weight is 366 g/mol. The summed E-state index contributed by atoms with van der Waals surface area (Å²) < 4.78 is 31.3. The molecule has 0 spiro atoms. The van der Waals surface area contributed by atoms with Crippen LogP contribution in [0.4, 0.5) is 0 Å². The van der Waals surface area contributed by atoms with Crippen LogP contribution in [0.5, 0.6) is 5.75 Å². The summed E-state index contributed by atoms with van der Waals surface area (Å²) in [5, 5.41) is 1.82. The van der Waals surface area contributed by atoms with Gasteiger partial charge in [-0.1, -0.05) is 41.9 Å². The van der Waals surface area contributed by atoms with E-state index in [1.165, 1.54) is 9.71 Å². The fraction of sp³-hybridized carbons (Fsp3) is 0.222. The molecule has 128 valence electrons. The van der Waals surface area contributed by atoms with Gasteiger partial charge in [-0.15, -0.1) is 0 Å². The Hall–Kier alpha value is -1.82. The number of ether oxygens (including phenoxy) is 1. The molecular formula is C18H20ClNO3S. The van der Waals surface area contributed by atoms with Gasteiger partial charge in [0.05, 0.1) is 7.11 Å². The zero-order chi connectivity index (χ0) is 17.6. The molecule has 4 nitrogen and oxygen atoms in total. The van der Waals surface area contributed by atoms with E-state index in [9.17, 15) is 8.42 Å². The smallest absolute Gasteiger partial charge is 0.235 e. The van der Waals surface area contributed by atoms with Gasteiger partial charge in [0, 0.05) is 24.0 Å². The van der Waals surface area contributed by atoms with Crippen LogP contribution >= 0.6 is 11.6 Å². The van der Waals surface area contributed by atoms with Crippen molar-refractivity contribution in [3.8, 4) is 5.75 Å². The highest BCUT2D eigenvalue weighted by Gasteiger charge is 2.14. The summed E-state index contributed by atoms with van der Waals surface area (Å²) in [6.07, 6.45) is 2.14. The summed E-state index contributed by atoms with van der Waals surface area (Å²) in [5.74, 6) is 0.764. The number of halogens is 1. The van der Waals surface area contributed by atoms with E-state index in [-0.39, 0.29) is 0 Å². The lowest BCUT2D eigenvalue weighted by molar-refractivity contribution is 0.406. The second kappa shape index (κ2) is 8.33. The van der Waals surface area contributed by atoms with Crippen molar-refractivity contribution >= 4 is 27.7 Å². The molecule has 0 atom stereocenters. The lowest BCUT2D eigenvalue weighted by Gasteiger charge is -2.15. The van der Waals surface area contributed by atoms with Crippen LogP contribution in [0.15, 0.2) is 53.9 Å². The standard InChI is InChI=1S/C18H20ClNO3S/c1-20(13-11-16-5-3-4-6-18(16)23-2)24(21,22)14-12-15-7-9-17(19)10-8-15/h3-10,12,14H,11,13H2,1-2H3/b14-12+. The van der Waals surface area contributed by atoms with Gasteiger partial charge in [-0.3, -0.25) is 0 Å². The second-order valence-electron chi connectivity index (χ2n) is 5.28. The Bertz CT molecular complexity index is 801. The van der Waals surface area contributed by atoms with Gasteiger partial charge in [-0.05, 0) is 41.8 Å². The highest BCUT2D eigenvalue weighted by molar-refractivity contribution is 7.92.